The topological polar surface area (TPSA) is 102 Å². The molecule has 27 heavy (non-hydrogen) atoms. The molecule has 1 aliphatic rings. The van der Waals surface area contributed by atoms with Gasteiger partial charge in [-0.05, 0) is 44.0 Å². The molecule has 1 aromatic rings. The SMILES string of the molecule is CCOC(=O)[C@H]1CCCN(S(=O)(=O)CCNC(=O)c2ccc(OC)cc2)C1. The van der Waals surface area contributed by atoms with Crippen LogP contribution >= 0.6 is 0 Å². The van der Waals surface area contributed by atoms with Crippen molar-refractivity contribution in [2.45, 2.75) is 19.8 Å². The third-order valence-corrected chi connectivity index (χ3v) is 6.23. The molecule has 0 unspecified atom stereocenters. The standard InChI is InChI=1S/C18H26N2O6S/c1-3-26-18(22)15-5-4-11-20(13-15)27(23,24)12-10-19-17(21)14-6-8-16(25-2)9-7-14/h6-9,15H,3-5,10-13H2,1-2H3,(H,19,21)/t15-/m0/s1. The number of hydrogen-bond donors (Lipinski definition) is 1. The first-order chi connectivity index (χ1) is 12.9. The van der Waals surface area contributed by atoms with Gasteiger partial charge < -0.3 is 14.8 Å². The predicted octanol–water partition coefficient (Wildman–Crippen LogP) is 1.03. The van der Waals surface area contributed by atoms with Crippen molar-refractivity contribution < 1.29 is 27.5 Å². The second-order valence-corrected chi connectivity index (χ2v) is 8.34. The van der Waals surface area contributed by atoms with Gasteiger partial charge in [-0.15, -0.1) is 0 Å². The van der Waals surface area contributed by atoms with Crippen LogP contribution in [0.3, 0.4) is 0 Å². The van der Waals surface area contributed by atoms with Gasteiger partial charge in [0.2, 0.25) is 10.0 Å². The fourth-order valence-corrected chi connectivity index (χ4v) is 4.35. The van der Waals surface area contributed by atoms with E-state index in [1.165, 1.54) is 11.4 Å². The lowest BCUT2D eigenvalue weighted by Gasteiger charge is -2.30. The summed E-state index contributed by atoms with van der Waals surface area (Å²) in [4.78, 5) is 24.0. The van der Waals surface area contributed by atoms with E-state index in [1.54, 1.807) is 31.2 Å². The van der Waals surface area contributed by atoms with Gasteiger partial charge >= 0.3 is 5.97 Å². The molecule has 1 aromatic carbocycles. The van der Waals surface area contributed by atoms with Crippen LogP contribution in [0.2, 0.25) is 0 Å². The highest BCUT2D eigenvalue weighted by Gasteiger charge is 2.32. The average molecular weight is 398 g/mol. The Labute approximate surface area is 159 Å². The lowest BCUT2D eigenvalue weighted by Crippen LogP contribution is -2.45. The predicted molar refractivity (Wildman–Crippen MR) is 100 cm³/mol. The van der Waals surface area contributed by atoms with Crippen LogP contribution in [0.25, 0.3) is 0 Å². The van der Waals surface area contributed by atoms with Gasteiger partial charge in [0.15, 0.2) is 0 Å². The molecule has 0 radical (unpaired) electrons. The van der Waals surface area contributed by atoms with Crippen molar-refractivity contribution in [1.29, 1.82) is 0 Å². The number of benzene rings is 1. The Morgan fingerprint density at radius 1 is 1.26 bits per heavy atom. The van der Waals surface area contributed by atoms with E-state index in [4.69, 9.17) is 9.47 Å². The van der Waals surface area contributed by atoms with E-state index in [2.05, 4.69) is 5.32 Å². The number of nitrogens with zero attached hydrogens (tertiary/aromatic N) is 1. The summed E-state index contributed by atoms with van der Waals surface area (Å²) in [7, 11) is -2.03. The molecule has 1 N–H and O–H groups in total. The van der Waals surface area contributed by atoms with Gasteiger partial charge in [0.05, 0.1) is 25.4 Å². The summed E-state index contributed by atoms with van der Waals surface area (Å²) < 4.78 is 36.4. The number of methoxy groups -OCH3 is 1. The normalized spacial score (nSPS) is 17.9. The van der Waals surface area contributed by atoms with Gasteiger partial charge in [0.1, 0.15) is 5.75 Å². The lowest BCUT2D eigenvalue weighted by molar-refractivity contribution is -0.149. The quantitative estimate of drug-likeness (QED) is 0.656. The first-order valence-corrected chi connectivity index (χ1v) is 10.5. The molecule has 0 aliphatic carbocycles. The highest BCUT2D eigenvalue weighted by molar-refractivity contribution is 7.89. The van der Waals surface area contributed by atoms with Crippen LogP contribution in [0.1, 0.15) is 30.1 Å². The first-order valence-electron chi connectivity index (χ1n) is 8.94. The summed E-state index contributed by atoms with van der Waals surface area (Å²) in [6, 6.07) is 6.54. The molecule has 0 spiro atoms. The minimum Gasteiger partial charge on any atom is -0.497 e. The largest absolute Gasteiger partial charge is 0.497 e. The molecule has 9 heteroatoms. The summed E-state index contributed by atoms with van der Waals surface area (Å²) in [5.74, 6) is -0.719. The van der Waals surface area contributed by atoms with Gasteiger partial charge in [-0.3, -0.25) is 9.59 Å². The molecule has 1 fully saturated rings. The van der Waals surface area contributed by atoms with Crippen molar-refractivity contribution >= 4 is 21.9 Å². The van der Waals surface area contributed by atoms with Gasteiger partial charge in [-0.2, -0.15) is 0 Å². The van der Waals surface area contributed by atoms with Gasteiger partial charge in [-0.1, -0.05) is 0 Å². The molecule has 0 aromatic heterocycles. The van der Waals surface area contributed by atoms with E-state index in [0.29, 0.717) is 30.7 Å². The molecular formula is C18H26N2O6S. The van der Waals surface area contributed by atoms with Gasteiger partial charge in [0.25, 0.3) is 5.91 Å². The molecule has 0 saturated carbocycles. The minimum atomic E-state index is -3.56. The fourth-order valence-electron chi connectivity index (χ4n) is 2.91. The van der Waals surface area contributed by atoms with Crippen molar-refractivity contribution in [2.24, 2.45) is 5.92 Å². The number of ether oxygens (including phenoxy) is 2. The van der Waals surface area contributed by atoms with Crippen LogP contribution < -0.4 is 10.1 Å². The number of nitrogens with one attached hydrogen (secondary N) is 1. The second kappa shape index (κ2) is 9.70. The molecule has 1 saturated heterocycles. The summed E-state index contributed by atoms with van der Waals surface area (Å²) in [5.41, 5.74) is 0.425. The number of hydrogen-bond acceptors (Lipinski definition) is 6. The van der Waals surface area contributed by atoms with Crippen LogP contribution in [-0.2, 0) is 19.6 Å². The number of amides is 1. The summed E-state index contributed by atoms with van der Waals surface area (Å²) in [6.07, 6.45) is 1.24. The fraction of sp³-hybridized carbons (Fsp3) is 0.556. The number of sulfonamides is 1. The maximum atomic E-state index is 12.5. The summed E-state index contributed by atoms with van der Waals surface area (Å²) in [5, 5.41) is 2.61. The Morgan fingerprint density at radius 3 is 2.59 bits per heavy atom. The molecule has 2 rings (SSSR count). The second-order valence-electron chi connectivity index (χ2n) is 6.25. The van der Waals surface area contributed by atoms with E-state index < -0.39 is 15.9 Å². The smallest absolute Gasteiger partial charge is 0.310 e. The Kier molecular flexibility index (Phi) is 7.61. The van der Waals surface area contributed by atoms with Crippen molar-refractivity contribution in [1.82, 2.24) is 9.62 Å². The molecule has 1 heterocycles. The number of carbonyl (C=O) groups is 2. The minimum absolute atomic E-state index is 0.00618. The molecule has 1 atom stereocenters. The average Bonchev–Trinajstić information content (AvgIpc) is 2.68. The van der Waals surface area contributed by atoms with E-state index in [-0.39, 0.29) is 37.3 Å². The van der Waals surface area contributed by atoms with Gasteiger partial charge in [0, 0.05) is 25.2 Å². The lowest BCUT2D eigenvalue weighted by atomic mass is 10.0. The van der Waals surface area contributed by atoms with Crippen molar-refractivity contribution in [2.75, 3.05) is 39.1 Å². The molecule has 150 valence electrons. The van der Waals surface area contributed by atoms with Crippen molar-refractivity contribution in [3.05, 3.63) is 29.8 Å². The Hall–Kier alpha value is -2.13. The van der Waals surface area contributed by atoms with Crippen LogP contribution in [0.15, 0.2) is 24.3 Å². The molecule has 0 bridgehead atoms. The highest BCUT2D eigenvalue weighted by atomic mass is 32.2. The third-order valence-electron chi connectivity index (χ3n) is 4.40. The van der Waals surface area contributed by atoms with E-state index in [9.17, 15) is 18.0 Å². The zero-order valence-corrected chi connectivity index (χ0v) is 16.5. The Morgan fingerprint density at radius 2 is 1.96 bits per heavy atom. The maximum Gasteiger partial charge on any atom is 0.310 e. The van der Waals surface area contributed by atoms with Crippen LogP contribution in [-0.4, -0.2) is 63.7 Å². The Bertz CT molecular complexity index is 748. The summed E-state index contributed by atoms with van der Waals surface area (Å²) >= 11 is 0. The van der Waals surface area contributed by atoms with E-state index in [1.807, 2.05) is 0 Å². The van der Waals surface area contributed by atoms with Crippen molar-refractivity contribution in [3.63, 3.8) is 0 Å². The summed E-state index contributed by atoms with van der Waals surface area (Å²) in [6.45, 7) is 2.51. The van der Waals surface area contributed by atoms with Crippen molar-refractivity contribution in [3.8, 4) is 5.75 Å². The number of carbonyl (C=O) groups excluding carboxylic acids is 2. The monoisotopic (exact) mass is 398 g/mol. The van der Waals surface area contributed by atoms with E-state index in [0.717, 1.165) is 0 Å². The van der Waals surface area contributed by atoms with Crippen LogP contribution in [0.5, 0.6) is 5.75 Å². The zero-order valence-electron chi connectivity index (χ0n) is 15.6. The number of rotatable bonds is 8. The molecule has 8 nitrogen and oxygen atoms in total. The zero-order chi connectivity index (χ0) is 19.9. The molecule has 1 amide bonds. The molecule has 1 aliphatic heterocycles. The maximum absolute atomic E-state index is 12.5. The molecular weight excluding hydrogens is 372 g/mol. The Balaban J connectivity index is 1.86. The number of piperidine rings is 1. The third kappa shape index (κ3) is 5.93. The number of esters is 1. The first kappa shape index (κ1) is 21.2. The van der Waals surface area contributed by atoms with Gasteiger partial charge in [-0.25, -0.2) is 12.7 Å². The highest BCUT2D eigenvalue weighted by Crippen LogP contribution is 2.20. The van der Waals surface area contributed by atoms with E-state index >= 15 is 0 Å². The van der Waals surface area contributed by atoms with Crippen LogP contribution in [0, 0.1) is 5.92 Å². The van der Waals surface area contributed by atoms with Crippen LogP contribution in [0.4, 0.5) is 0 Å².